The summed E-state index contributed by atoms with van der Waals surface area (Å²) in [7, 11) is 1.66. The number of halogens is 5. The number of aryl methyl sites for hydroxylation is 1. The number of benzene rings is 1. The largest absolute Gasteiger partial charge is 0.375 e. The summed E-state index contributed by atoms with van der Waals surface area (Å²) in [6.07, 6.45) is 5.85. The lowest BCUT2D eigenvalue weighted by molar-refractivity contribution is 0.0183. The highest BCUT2D eigenvalue weighted by atomic mass is 19.3. The molecule has 1 aromatic carbocycles. The van der Waals surface area contributed by atoms with Crippen molar-refractivity contribution in [2.24, 2.45) is 0 Å². The van der Waals surface area contributed by atoms with Crippen molar-refractivity contribution in [3.63, 3.8) is 0 Å². The predicted molar refractivity (Wildman–Crippen MR) is 133 cm³/mol. The molecule has 5 rings (SSSR count). The van der Waals surface area contributed by atoms with Crippen molar-refractivity contribution in [2.75, 3.05) is 19.0 Å². The summed E-state index contributed by atoms with van der Waals surface area (Å²) in [5.74, 6) is -7.52. The number of nitrogens with zero attached hydrogens (tertiary/aromatic N) is 6. The van der Waals surface area contributed by atoms with Crippen molar-refractivity contribution in [2.45, 2.75) is 25.4 Å². The first-order valence-electron chi connectivity index (χ1n) is 11.7. The Hall–Kier alpha value is -4.62. The standard InChI is InChI=1S/C25H22F5N9/c1-13-10-33-24(34-19(32-2)6-7-31)35-21(13)14-8-18-22-36-37-23(39(22)15(9-26)12-38(18)11-14)25(29,30)20-16(27)4-3-5-17(20)28/h3-8,10-11,15,31-32H,9,12H2,1-2H3,(H,33,34,35)/b19-6+,31-7?/t15-/m0/s1. The highest BCUT2D eigenvalue weighted by Crippen LogP contribution is 2.43. The van der Waals surface area contributed by atoms with Crippen LogP contribution in [0.3, 0.4) is 0 Å². The molecular weight excluding hydrogens is 521 g/mol. The van der Waals surface area contributed by atoms with Crippen LogP contribution in [0, 0.1) is 24.0 Å². The van der Waals surface area contributed by atoms with E-state index in [-0.39, 0.29) is 18.3 Å². The first-order valence-corrected chi connectivity index (χ1v) is 11.7. The van der Waals surface area contributed by atoms with Gasteiger partial charge >= 0.3 is 5.92 Å². The molecule has 39 heavy (non-hydrogen) atoms. The van der Waals surface area contributed by atoms with Gasteiger partial charge in [0.05, 0.1) is 17.4 Å². The van der Waals surface area contributed by atoms with Gasteiger partial charge in [-0.05, 0) is 36.8 Å². The lowest BCUT2D eigenvalue weighted by Crippen LogP contribution is -2.31. The number of anilines is 1. The number of aromatic nitrogens is 6. The van der Waals surface area contributed by atoms with Gasteiger partial charge in [-0.1, -0.05) is 6.07 Å². The van der Waals surface area contributed by atoms with E-state index in [9.17, 15) is 13.2 Å². The number of hydrogen-bond acceptors (Lipinski definition) is 7. The van der Waals surface area contributed by atoms with Crippen LogP contribution in [0.2, 0.25) is 0 Å². The number of alkyl halides is 3. The fraction of sp³-hybridized carbons (Fsp3) is 0.240. The summed E-state index contributed by atoms with van der Waals surface area (Å²) in [6, 6.07) is 2.91. The molecule has 4 aromatic rings. The molecule has 1 atom stereocenters. The number of fused-ring (bicyclic) bond motifs is 3. The van der Waals surface area contributed by atoms with Crippen LogP contribution in [0.4, 0.5) is 27.9 Å². The van der Waals surface area contributed by atoms with Gasteiger partial charge in [0.1, 0.15) is 29.7 Å². The molecule has 0 fully saturated rings. The van der Waals surface area contributed by atoms with Gasteiger partial charge in [0, 0.05) is 37.8 Å². The molecule has 1 aliphatic heterocycles. The van der Waals surface area contributed by atoms with Crippen molar-refractivity contribution in [1.82, 2.24) is 34.6 Å². The zero-order valence-corrected chi connectivity index (χ0v) is 20.7. The topological polar surface area (TPSA) is 109 Å². The number of allylic oxidation sites excluding steroid dienone is 1. The van der Waals surface area contributed by atoms with Gasteiger partial charge in [0.15, 0.2) is 5.82 Å². The van der Waals surface area contributed by atoms with E-state index < -0.39 is 41.7 Å². The minimum absolute atomic E-state index is 0.0546. The molecule has 1 aliphatic rings. The Bertz CT molecular complexity index is 1570. The summed E-state index contributed by atoms with van der Waals surface area (Å²) in [6.45, 7) is 0.686. The second-order valence-corrected chi connectivity index (χ2v) is 8.81. The molecule has 0 unspecified atom stereocenters. The zero-order valence-electron chi connectivity index (χ0n) is 20.7. The van der Waals surface area contributed by atoms with E-state index in [4.69, 9.17) is 5.41 Å². The molecule has 0 amide bonds. The van der Waals surface area contributed by atoms with Gasteiger partial charge < -0.3 is 20.6 Å². The van der Waals surface area contributed by atoms with Gasteiger partial charge in [0.2, 0.25) is 11.8 Å². The van der Waals surface area contributed by atoms with Crippen LogP contribution in [0.5, 0.6) is 0 Å². The van der Waals surface area contributed by atoms with Crippen molar-refractivity contribution in [3.05, 3.63) is 77.1 Å². The molecule has 0 saturated heterocycles. The monoisotopic (exact) mass is 543 g/mol. The van der Waals surface area contributed by atoms with Gasteiger partial charge in [0.25, 0.3) is 0 Å². The van der Waals surface area contributed by atoms with Crippen LogP contribution in [-0.4, -0.2) is 49.2 Å². The smallest absolute Gasteiger partial charge is 0.337 e. The molecule has 4 heterocycles. The fourth-order valence-electron chi connectivity index (χ4n) is 4.53. The summed E-state index contributed by atoms with van der Waals surface area (Å²) >= 11 is 0. The Morgan fingerprint density at radius 2 is 1.97 bits per heavy atom. The Morgan fingerprint density at radius 3 is 2.64 bits per heavy atom. The van der Waals surface area contributed by atoms with E-state index in [1.54, 1.807) is 37.0 Å². The molecule has 0 spiro atoms. The van der Waals surface area contributed by atoms with E-state index in [1.165, 1.54) is 6.08 Å². The summed E-state index contributed by atoms with van der Waals surface area (Å²) in [5, 5.41) is 20.5. The molecule has 0 saturated carbocycles. The first-order chi connectivity index (χ1) is 18.7. The fourth-order valence-corrected chi connectivity index (χ4v) is 4.53. The van der Waals surface area contributed by atoms with Gasteiger partial charge in [-0.25, -0.2) is 23.1 Å². The molecule has 0 bridgehead atoms. The highest BCUT2D eigenvalue weighted by molar-refractivity contribution is 5.72. The SMILES string of the molecule is CN/C(=C\C=N)Nc1ncc(C)c(-c2cc3n(c2)C[C@H](CF)n2c-3nnc2C(F)(F)c2c(F)cccc2F)n1. The van der Waals surface area contributed by atoms with Crippen LogP contribution in [-0.2, 0) is 12.5 Å². The van der Waals surface area contributed by atoms with Gasteiger partial charge in [-0.3, -0.25) is 4.57 Å². The lowest BCUT2D eigenvalue weighted by atomic mass is 10.1. The normalized spacial score (nSPS) is 15.1. The number of hydrogen-bond donors (Lipinski definition) is 3. The molecule has 3 N–H and O–H groups in total. The van der Waals surface area contributed by atoms with Crippen LogP contribution in [0.15, 0.2) is 48.6 Å². The molecular formula is C25H22F5N9. The van der Waals surface area contributed by atoms with Crippen molar-refractivity contribution in [1.29, 1.82) is 5.41 Å². The second-order valence-electron chi connectivity index (χ2n) is 8.81. The van der Waals surface area contributed by atoms with Crippen molar-refractivity contribution >= 4 is 12.2 Å². The van der Waals surface area contributed by atoms with Gasteiger partial charge in [-0.15, -0.1) is 10.2 Å². The Labute approximate surface area is 218 Å². The molecule has 14 heteroatoms. The molecule has 9 nitrogen and oxygen atoms in total. The highest BCUT2D eigenvalue weighted by Gasteiger charge is 2.47. The third kappa shape index (κ3) is 4.41. The van der Waals surface area contributed by atoms with Crippen molar-refractivity contribution < 1.29 is 22.0 Å². The van der Waals surface area contributed by atoms with E-state index >= 15 is 8.78 Å². The Balaban J connectivity index is 1.59. The quantitative estimate of drug-likeness (QED) is 0.222. The van der Waals surface area contributed by atoms with E-state index in [1.807, 2.05) is 0 Å². The van der Waals surface area contributed by atoms with Crippen LogP contribution in [0.1, 0.15) is 23.0 Å². The minimum atomic E-state index is -4.22. The van der Waals surface area contributed by atoms with E-state index in [2.05, 4.69) is 30.8 Å². The van der Waals surface area contributed by atoms with E-state index in [0.717, 1.165) is 29.0 Å². The second kappa shape index (κ2) is 9.93. The third-order valence-electron chi connectivity index (χ3n) is 6.34. The predicted octanol–water partition coefficient (Wildman–Crippen LogP) is 4.58. The molecule has 0 radical (unpaired) electrons. The molecule has 202 valence electrons. The average molecular weight is 544 g/mol. The summed E-state index contributed by atoms with van der Waals surface area (Å²) in [4.78, 5) is 8.79. The first kappa shape index (κ1) is 26.0. The zero-order chi connectivity index (χ0) is 27.9. The molecule has 3 aromatic heterocycles. The Morgan fingerprint density at radius 1 is 1.23 bits per heavy atom. The maximum absolute atomic E-state index is 15.5. The maximum Gasteiger partial charge on any atom is 0.337 e. The Kier molecular flexibility index (Phi) is 6.62. The third-order valence-corrected chi connectivity index (χ3v) is 6.34. The average Bonchev–Trinajstić information content (AvgIpc) is 3.53. The number of rotatable bonds is 8. The lowest BCUT2D eigenvalue weighted by Gasteiger charge is -2.28. The van der Waals surface area contributed by atoms with Crippen LogP contribution < -0.4 is 10.6 Å². The van der Waals surface area contributed by atoms with Crippen LogP contribution in [0.25, 0.3) is 22.8 Å². The summed E-state index contributed by atoms with van der Waals surface area (Å²) < 4.78 is 76.3. The number of nitrogens with one attached hydrogen (secondary N) is 3. The summed E-state index contributed by atoms with van der Waals surface area (Å²) in [5.41, 5.74) is 0.676. The van der Waals surface area contributed by atoms with Crippen LogP contribution >= 0.6 is 0 Å². The van der Waals surface area contributed by atoms with Crippen molar-refractivity contribution in [3.8, 4) is 22.8 Å². The molecule has 0 aliphatic carbocycles. The van der Waals surface area contributed by atoms with Gasteiger partial charge in [-0.2, -0.15) is 8.78 Å². The minimum Gasteiger partial charge on any atom is -0.375 e. The van der Waals surface area contributed by atoms with E-state index in [0.29, 0.717) is 28.3 Å². The maximum atomic E-state index is 15.5.